The Morgan fingerprint density at radius 2 is 1.61 bits per heavy atom. The highest BCUT2D eigenvalue weighted by atomic mass is 16.2. The van der Waals surface area contributed by atoms with Crippen LogP contribution in [0.1, 0.15) is 68.1 Å². The first-order valence-corrected chi connectivity index (χ1v) is 14.5. The Morgan fingerprint density at radius 3 is 2.37 bits per heavy atom. The third-order valence-corrected chi connectivity index (χ3v) is 9.01. The zero-order valence-corrected chi connectivity index (χ0v) is 22.6. The van der Waals surface area contributed by atoms with E-state index in [0.29, 0.717) is 19.6 Å². The van der Waals surface area contributed by atoms with E-state index < -0.39 is 0 Å². The van der Waals surface area contributed by atoms with Crippen molar-refractivity contribution in [2.45, 2.75) is 77.3 Å². The van der Waals surface area contributed by atoms with Crippen LogP contribution in [0.15, 0.2) is 54.6 Å². The Morgan fingerprint density at radius 1 is 0.895 bits per heavy atom. The molecule has 0 bridgehead atoms. The molecule has 0 aromatic heterocycles. The van der Waals surface area contributed by atoms with Gasteiger partial charge in [-0.2, -0.15) is 0 Å². The van der Waals surface area contributed by atoms with Crippen molar-refractivity contribution in [3.8, 4) is 0 Å². The smallest absolute Gasteiger partial charge is 0.327 e. The van der Waals surface area contributed by atoms with Gasteiger partial charge in [-0.3, -0.25) is 14.5 Å². The van der Waals surface area contributed by atoms with Gasteiger partial charge >= 0.3 is 6.03 Å². The highest BCUT2D eigenvalue weighted by molar-refractivity contribution is 5.98. The summed E-state index contributed by atoms with van der Waals surface area (Å²) < 4.78 is 0. The van der Waals surface area contributed by atoms with Crippen molar-refractivity contribution in [1.29, 1.82) is 0 Å². The number of hydrogen-bond donors (Lipinski definition) is 1. The maximum absolute atomic E-state index is 13.8. The van der Waals surface area contributed by atoms with Gasteiger partial charge in [0.15, 0.2) is 0 Å². The van der Waals surface area contributed by atoms with Crippen LogP contribution in [0.25, 0.3) is 0 Å². The van der Waals surface area contributed by atoms with Gasteiger partial charge in [0.1, 0.15) is 0 Å². The molecule has 2 aromatic rings. The fourth-order valence-corrected chi connectivity index (χ4v) is 6.67. The van der Waals surface area contributed by atoms with E-state index in [4.69, 9.17) is 0 Å². The van der Waals surface area contributed by atoms with Gasteiger partial charge < -0.3 is 10.2 Å². The number of nitrogens with one attached hydrogen (secondary N) is 1. The number of hydrogen-bond acceptors (Lipinski definition) is 3. The number of carbonyl (C=O) groups excluding carboxylic acids is 3. The number of fused-ring (bicyclic) bond motifs is 1. The van der Waals surface area contributed by atoms with E-state index in [9.17, 15) is 14.4 Å². The Kier molecular flexibility index (Phi) is 8.45. The van der Waals surface area contributed by atoms with Crippen molar-refractivity contribution in [3.63, 3.8) is 0 Å². The molecule has 2 atom stereocenters. The summed E-state index contributed by atoms with van der Waals surface area (Å²) in [6, 6.07) is 18.3. The monoisotopic (exact) mass is 515 g/mol. The molecule has 2 aliphatic carbocycles. The molecule has 38 heavy (non-hydrogen) atoms. The van der Waals surface area contributed by atoms with Gasteiger partial charge in [0.25, 0.3) is 0 Å². The summed E-state index contributed by atoms with van der Waals surface area (Å²) in [6.45, 7) is 3.78. The van der Waals surface area contributed by atoms with Crippen LogP contribution in [0, 0.1) is 24.7 Å². The number of urea groups is 1. The predicted molar refractivity (Wildman–Crippen MR) is 148 cm³/mol. The van der Waals surface area contributed by atoms with Crippen LogP contribution in [0.2, 0.25) is 0 Å². The minimum atomic E-state index is -0.123. The largest absolute Gasteiger partial charge is 0.356 e. The third kappa shape index (κ3) is 5.95. The predicted octanol–water partition coefficient (Wildman–Crippen LogP) is 5.48. The number of imide groups is 1. The van der Waals surface area contributed by atoms with Crippen molar-refractivity contribution in [2.75, 3.05) is 13.1 Å². The van der Waals surface area contributed by atoms with Crippen LogP contribution in [0.4, 0.5) is 4.79 Å². The van der Waals surface area contributed by atoms with Crippen LogP contribution in [0.5, 0.6) is 0 Å². The van der Waals surface area contributed by atoms with Gasteiger partial charge in [-0.15, -0.1) is 0 Å². The summed E-state index contributed by atoms with van der Waals surface area (Å²) in [5, 5.41) is 3.11. The SMILES string of the molecule is Cc1ccccc1CN1C(=O)N(CC2CCC(C(=O)NCCc3ccccc3)CC2)C(=O)C2CCCCC21. The summed E-state index contributed by atoms with van der Waals surface area (Å²) >= 11 is 0. The molecule has 6 heteroatoms. The maximum Gasteiger partial charge on any atom is 0.327 e. The molecule has 2 aromatic carbocycles. The van der Waals surface area contributed by atoms with E-state index in [-0.39, 0.29) is 41.6 Å². The molecular weight excluding hydrogens is 474 g/mol. The van der Waals surface area contributed by atoms with Crippen molar-refractivity contribution in [3.05, 3.63) is 71.3 Å². The van der Waals surface area contributed by atoms with Crippen molar-refractivity contribution in [2.24, 2.45) is 17.8 Å². The van der Waals surface area contributed by atoms with Crippen LogP contribution >= 0.6 is 0 Å². The minimum absolute atomic E-state index is 0.00919. The Labute approximate surface area is 226 Å². The van der Waals surface area contributed by atoms with E-state index in [0.717, 1.165) is 63.4 Å². The second-order valence-electron chi connectivity index (χ2n) is 11.5. The second kappa shape index (κ2) is 12.1. The van der Waals surface area contributed by atoms with Gasteiger partial charge in [0, 0.05) is 31.6 Å². The molecular formula is C32H41N3O3. The molecule has 2 saturated carbocycles. The molecule has 1 aliphatic heterocycles. The second-order valence-corrected chi connectivity index (χ2v) is 11.5. The number of amides is 4. The van der Waals surface area contributed by atoms with E-state index in [2.05, 4.69) is 36.5 Å². The summed E-state index contributed by atoms with van der Waals surface area (Å²) in [5.41, 5.74) is 3.55. The summed E-state index contributed by atoms with van der Waals surface area (Å²) in [4.78, 5) is 43.6. The van der Waals surface area contributed by atoms with Crippen molar-refractivity contribution < 1.29 is 14.4 Å². The average molecular weight is 516 g/mol. The molecule has 5 rings (SSSR count). The van der Waals surface area contributed by atoms with E-state index in [1.165, 1.54) is 11.1 Å². The fraction of sp³-hybridized carbons (Fsp3) is 0.531. The molecule has 4 amide bonds. The van der Waals surface area contributed by atoms with Crippen molar-refractivity contribution >= 4 is 17.8 Å². The maximum atomic E-state index is 13.8. The molecule has 3 fully saturated rings. The normalized spacial score (nSPS) is 25.7. The van der Waals surface area contributed by atoms with Crippen LogP contribution in [-0.2, 0) is 22.6 Å². The molecule has 1 heterocycles. The average Bonchev–Trinajstić information content (AvgIpc) is 2.95. The Hall–Kier alpha value is -3.15. The number of nitrogens with zero attached hydrogens (tertiary/aromatic N) is 2. The third-order valence-electron chi connectivity index (χ3n) is 9.01. The van der Waals surface area contributed by atoms with Gasteiger partial charge in [-0.05, 0) is 74.5 Å². The van der Waals surface area contributed by atoms with Gasteiger partial charge in [-0.25, -0.2) is 4.79 Å². The highest BCUT2D eigenvalue weighted by Gasteiger charge is 2.47. The molecule has 0 spiro atoms. The fourth-order valence-electron chi connectivity index (χ4n) is 6.67. The van der Waals surface area contributed by atoms with Crippen molar-refractivity contribution in [1.82, 2.24) is 15.1 Å². The lowest BCUT2D eigenvalue weighted by Crippen LogP contribution is -2.62. The minimum Gasteiger partial charge on any atom is -0.356 e. The lowest BCUT2D eigenvalue weighted by atomic mass is 9.79. The molecule has 0 radical (unpaired) electrons. The first kappa shape index (κ1) is 26.5. The van der Waals surface area contributed by atoms with Gasteiger partial charge in [0.2, 0.25) is 11.8 Å². The Balaban J connectivity index is 1.17. The number of carbonyl (C=O) groups is 3. The molecule has 202 valence electrons. The first-order chi connectivity index (χ1) is 18.5. The lowest BCUT2D eigenvalue weighted by molar-refractivity contribution is -0.142. The van der Waals surface area contributed by atoms with E-state index >= 15 is 0 Å². The van der Waals surface area contributed by atoms with Gasteiger partial charge in [-0.1, -0.05) is 67.4 Å². The van der Waals surface area contributed by atoms with E-state index in [1.54, 1.807) is 4.90 Å². The highest BCUT2D eigenvalue weighted by Crippen LogP contribution is 2.37. The zero-order chi connectivity index (χ0) is 26.5. The van der Waals surface area contributed by atoms with E-state index in [1.807, 2.05) is 35.2 Å². The molecule has 3 aliphatic rings. The van der Waals surface area contributed by atoms with Gasteiger partial charge in [0.05, 0.1) is 5.92 Å². The zero-order valence-electron chi connectivity index (χ0n) is 22.6. The molecule has 6 nitrogen and oxygen atoms in total. The van der Waals surface area contributed by atoms with Crippen LogP contribution in [0.3, 0.4) is 0 Å². The summed E-state index contributed by atoms with van der Waals surface area (Å²) in [5.74, 6) is 0.365. The summed E-state index contributed by atoms with van der Waals surface area (Å²) in [6.07, 6.45) is 8.12. The van der Waals surface area contributed by atoms with Crippen LogP contribution < -0.4 is 5.32 Å². The molecule has 1 N–H and O–H groups in total. The first-order valence-electron chi connectivity index (χ1n) is 14.5. The quantitative estimate of drug-likeness (QED) is 0.506. The Bertz CT molecular complexity index is 1130. The summed E-state index contributed by atoms with van der Waals surface area (Å²) in [7, 11) is 0. The number of rotatable bonds is 8. The standard InChI is InChI=1S/C32H41N3O3/c1-23-9-5-6-12-27(23)22-34-29-14-8-7-13-28(29)31(37)35(32(34)38)21-25-15-17-26(18-16-25)30(36)33-20-19-24-10-3-2-4-11-24/h2-6,9-12,25-26,28-29H,7-8,13-22H2,1H3,(H,33,36). The number of benzene rings is 2. The van der Waals surface area contributed by atoms with Crippen LogP contribution in [-0.4, -0.2) is 46.8 Å². The number of aryl methyl sites for hydroxylation is 1. The topological polar surface area (TPSA) is 69.7 Å². The lowest BCUT2D eigenvalue weighted by Gasteiger charge is -2.48. The molecule has 2 unspecified atom stereocenters. The molecule has 1 saturated heterocycles.